The number of carbonyl (C=O) groups is 1. The molecule has 26 heavy (non-hydrogen) atoms. The number of hydrogen-bond acceptors (Lipinski definition) is 3. The SMILES string of the molecule is Cl.NCC1CCCCN1C(=O)c1cccc(-n2nccc2C(F)(F)F)c1. The van der Waals surface area contributed by atoms with Gasteiger partial charge in [-0.2, -0.15) is 18.3 Å². The molecule has 0 radical (unpaired) electrons. The fourth-order valence-corrected chi connectivity index (χ4v) is 3.17. The summed E-state index contributed by atoms with van der Waals surface area (Å²) in [4.78, 5) is 14.5. The maximum atomic E-state index is 13.1. The van der Waals surface area contributed by atoms with Gasteiger partial charge in [-0.3, -0.25) is 4.79 Å². The van der Waals surface area contributed by atoms with E-state index < -0.39 is 11.9 Å². The number of rotatable bonds is 3. The molecule has 0 aliphatic carbocycles. The van der Waals surface area contributed by atoms with Crippen molar-refractivity contribution in [2.24, 2.45) is 5.73 Å². The highest BCUT2D eigenvalue weighted by atomic mass is 35.5. The molecule has 1 aliphatic heterocycles. The van der Waals surface area contributed by atoms with Crippen LogP contribution in [0.3, 0.4) is 0 Å². The van der Waals surface area contributed by atoms with E-state index in [-0.39, 0.29) is 30.0 Å². The van der Waals surface area contributed by atoms with E-state index in [0.717, 1.165) is 36.2 Å². The number of aromatic nitrogens is 2. The number of nitrogens with two attached hydrogens (primary N) is 1. The van der Waals surface area contributed by atoms with Crippen molar-refractivity contribution in [3.63, 3.8) is 0 Å². The van der Waals surface area contributed by atoms with E-state index in [0.29, 0.717) is 18.7 Å². The minimum Gasteiger partial charge on any atom is -0.334 e. The summed E-state index contributed by atoms with van der Waals surface area (Å²) in [6.07, 6.45) is -0.660. The molecule has 0 bridgehead atoms. The molecule has 1 aromatic heterocycles. The van der Waals surface area contributed by atoms with Crippen LogP contribution in [0, 0.1) is 0 Å². The molecule has 0 spiro atoms. The Morgan fingerprint density at radius 1 is 1.27 bits per heavy atom. The van der Waals surface area contributed by atoms with Gasteiger partial charge in [-0.15, -0.1) is 12.4 Å². The van der Waals surface area contributed by atoms with Gasteiger partial charge in [-0.25, -0.2) is 4.68 Å². The lowest BCUT2D eigenvalue weighted by Gasteiger charge is -2.35. The van der Waals surface area contributed by atoms with Gasteiger partial charge in [0.25, 0.3) is 5.91 Å². The van der Waals surface area contributed by atoms with Gasteiger partial charge >= 0.3 is 6.18 Å². The second-order valence-corrected chi connectivity index (χ2v) is 6.06. The van der Waals surface area contributed by atoms with Crippen LogP contribution in [0.5, 0.6) is 0 Å². The summed E-state index contributed by atoms with van der Waals surface area (Å²) < 4.78 is 40.0. The Morgan fingerprint density at radius 3 is 2.73 bits per heavy atom. The molecular weight excluding hydrogens is 369 g/mol. The number of carbonyl (C=O) groups excluding carboxylic acids is 1. The van der Waals surface area contributed by atoms with Crippen molar-refractivity contribution >= 4 is 18.3 Å². The van der Waals surface area contributed by atoms with Crippen molar-refractivity contribution in [2.75, 3.05) is 13.1 Å². The molecule has 142 valence electrons. The number of amides is 1. The van der Waals surface area contributed by atoms with Crippen LogP contribution in [-0.2, 0) is 6.18 Å². The number of likely N-dealkylation sites (tertiary alicyclic amines) is 1. The van der Waals surface area contributed by atoms with Gasteiger partial charge in [0.2, 0.25) is 0 Å². The number of nitrogens with zero attached hydrogens (tertiary/aromatic N) is 3. The Hall–Kier alpha value is -2.06. The molecule has 9 heteroatoms. The monoisotopic (exact) mass is 388 g/mol. The summed E-state index contributed by atoms with van der Waals surface area (Å²) in [5, 5.41) is 3.75. The summed E-state index contributed by atoms with van der Waals surface area (Å²) in [7, 11) is 0. The molecule has 1 saturated heterocycles. The molecule has 2 aromatic rings. The Kier molecular flexibility index (Phi) is 6.30. The first-order chi connectivity index (χ1) is 11.9. The van der Waals surface area contributed by atoms with Gasteiger partial charge < -0.3 is 10.6 Å². The molecule has 1 amide bonds. The molecule has 5 nitrogen and oxygen atoms in total. The van der Waals surface area contributed by atoms with Crippen LogP contribution in [0.4, 0.5) is 13.2 Å². The van der Waals surface area contributed by atoms with Gasteiger partial charge in [0.1, 0.15) is 5.69 Å². The second kappa shape index (κ2) is 8.09. The van der Waals surface area contributed by atoms with Crippen LogP contribution >= 0.6 is 12.4 Å². The zero-order valence-electron chi connectivity index (χ0n) is 13.9. The molecule has 1 aromatic carbocycles. The minimum atomic E-state index is -4.52. The standard InChI is InChI=1S/C17H19F3N4O.ClH/c18-17(19,20)15-7-8-22-24(15)13-6-3-4-12(10-13)16(25)23-9-2-1-5-14(23)11-21;/h3-4,6-8,10,14H,1-2,5,9,11,21H2;1H. The Morgan fingerprint density at radius 2 is 2.04 bits per heavy atom. The van der Waals surface area contributed by atoms with E-state index in [9.17, 15) is 18.0 Å². The van der Waals surface area contributed by atoms with Crippen LogP contribution in [0.1, 0.15) is 35.3 Å². The van der Waals surface area contributed by atoms with Crippen LogP contribution in [0.2, 0.25) is 0 Å². The second-order valence-electron chi connectivity index (χ2n) is 6.06. The van der Waals surface area contributed by atoms with Gasteiger partial charge in [-0.05, 0) is 43.5 Å². The normalized spacial score (nSPS) is 17.7. The first-order valence-corrected chi connectivity index (χ1v) is 8.14. The van der Waals surface area contributed by atoms with E-state index in [4.69, 9.17) is 5.73 Å². The minimum absolute atomic E-state index is 0. The Bertz CT molecular complexity index is 762. The summed E-state index contributed by atoms with van der Waals surface area (Å²) in [6, 6.07) is 6.98. The van der Waals surface area contributed by atoms with E-state index in [1.807, 2.05) is 0 Å². The summed E-state index contributed by atoms with van der Waals surface area (Å²) in [6.45, 7) is 0.989. The van der Waals surface area contributed by atoms with Crippen molar-refractivity contribution in [1.82, 2.24) is 14.7 Å². The zero-order valence-corrected chi connectivity index (χ0v) is 14.8. The van der Waals surface area contributed by atoms with Crippen LogP contribution in [0.15, 0.2) is 36.5 Å². The van der Waals surface area contributed by atoms with Crippen molar-refractivity contribution in [1.29, 1.82) is 0 Å². The van der Waals surface area contributed by atoms with E-state index in [1.165, 1.54) is 12.1 Å². The first-order valence-electron chi connectivity index (χ1n) is 8.14. The smallest absolute Gasteiger partial charge is 0.334 e. The average Bonchev–Trinajstić information content (AvgIpc) is 3.11. The van der Waals surface area contributed by atoms with Gasteiger partial charge in [-0.1, -0.05) is 6.07 Å². The summed E-state index contributed by atoms with van der Waals surface area (Å²) in [5.74, 6) is -0.210. The number of hydrogen-bond donors (Lipinski definition) is 1. The molecule has 0 saturated carbocycles. The molecular formula is C17H20ClF3N4O. The highest BCUT2D eigenvalue weighted by Crippen LogP contribution is 2.30. The van der Waals surface area contributed by atoms with E-state index in [2.05, 4.69) is 5.10 Å². The average molecular weight is 389 g/mol. The van der Waals surface area contributed by atoms with Crippen LogP contribution in [0.25, 0.3) is 5.69 Å². The summed E-state index contributed by atoms with van der Waals surface area (Å²) in [5.41, 5.74) is 5.40. The molecule has 2 heterocycles. The highest BCUT2D eigenvalue weighted by molar-refractivity contribution is 5.95. The predicted molar refractivity (Wildman–Crippen MR) is 93.5 cm³/mol. The fraction of sp³-hybridized carbons (Fsp3) is 0.412. The predicted octanol–water partition coefficient (Wildman–Crippen LogP) is 3.27. The number of piperidine rings is 1. The molecule has 2 N–H and O–H groups in total. The van der Waals surface area contributed by atoms with Crippen LogP contribution in [-0.4, -0.2) is 39.7 Å². The molecule has 3 rings (SSSR count). The van der Waals surface area contributed by atoms with Gasteiger partial charge in [0.05, 0.1) is 11.9 Å². The number of benzene rings is 1. The zero-order chi connectivity index (χ0) is 18.0. The highest BCUT2D eigenvalue weighted by Gasteiger charge is 2.35. The van der Waals surface area contributed by atoms with Gasteiger partial charge in [0, 0.05) is 24.7 Å². The molecule has 1 aliphatic rings. The lowest BCUT2D eigenvalue weighted by molar-refractivity contribution is -0.142. The Balaban J connectivity index is 0.00000243. The third-order valence-corrected chi connectivity index (χ3v) is 4.43. The van der Waals surface area contributed by atoms with Crippen molar-refractivity contribution in [2.45, 2.75) is 31.5 Å². The summed E-state index contributed by atoms with van der Waals surface area (Å²) >= 11 is 0. The third-order valence-electron chi connectivity index (χ3n) is 4.43. The Labute approximate surface area is 155 Å². The lowest BCUT2D eigenvalue weighted by atomic mass is 10.0. The van der Waals surface area contributed by atoms with E-state index >= 15 is 0 Å². The maximum absolute atomic E-state index is 13.1. The molecule has 1 unspecified atom stereocenters. The van der Waals surface area contributed by atoms with Crippen molar-refractivity contribution < 1.29 is 18.0 Å². The number of halogens is 4. The van der Waals surface area contributed by atoms with E-state index in [1.54, 1.807) is 17.0 Å². The lowest BCUT2D eigenvalue weighted by Crippen LogP contribution is -2.47. The van der Waals surface area contributed by atoms with Crippen molar-refractivity contribution in [3.8, 4) is 5.69 Å². The first kappa shape index (κ1) is 20.3. The maximum Gasteiger partial charge on any atom is 0.433 e. The third kappa shape index (κ3) is 4.02. The fourth-order valence-electron chi connectivity index (χ4n) is 3.17. The van der Waals surface area contributed by atoms with Crippen LogP contribution < -0.4 is 5.73 Å². The molecule has 1 atom stereocenters. The number of alkyl halides is 3. The molecule has 1 fully saturated rings. The largest absolute Gasteiger partial charge is 0.433 e. The van der Waals surface area contributed by atoms with Crippen molar-refractivity contribution in [3.05, 3.63) is 47.8 Å². The topological polar surface area (TPSA) is 64.2 Å². The quantitative estimate of drug-likeness (QED) is 0.877. The van der Waals surface area contributed by atoms with Gasteiger partial charge in [0.15, 0.2) is 0 Å².